The van der Waals surface area contributed by atoms with Crippen molar-refractivity contribution in [3.05, 3.63) is 28.2 Å². The van der Waals surface area contributed by atoms with Crippen molar-refractivity contribution in [1.29, 1.82) is 0 Å². The molecule has 0 aliphatic heterocycles. The Labute approximate surface area is 118 Å². The van der Waals surface area contributed by atoms with Crippen molar-refractivity contribution >= 4 is 15.9 Å². The summed E-state index contributed by atoms with van der Waals surface area (Å²) >= 11 is 3.55. The molecular weight excluding hydrogens is 290 g/mol. The molecule has 0 radical (unpaired) electrons. The minimum atomic E-state index is 0.346. The Bertz CT molecular complexity index is 399. The van der Waals surface area contributed by atoms with Gasteiger partial charge in [0.25, 0.3) is 0 Å². The van der Waals surface area contributed by atoms with Crippen LogP contribution in [-0.2, 0) is 6.54 Å². The molecule has 100 valence electrons. The zero-order valence-corrected chi connectivity index (χ0v) is 12.8. The van der Waals surface area contributed by atoms with E-state index in [9.17, 15) is 5.11 Å². The highest BCUT2D eigenvalue weighted by molar-refractivity contribution is 9.10. The minimum absolute atomic E-state index is 0.346. The number of phenolic OH excluding ortho intramolecular Hbond substituents is 1. The van der Waals surface area contributed by atoms with Gasteiger partial charge in [0, 0.05) is 17.1 Å². The van der Waals surface area contributed by atoms with Crippen molar-refractivity contribution in [1.82, 2.24) is 4.90 Å². The third-order valence-electron chi connectivity index (χ3n) is 4.06. The average Bonchev–Trinajstić information content (AvgIpc) is 2.34. The molecule has 0 aromatic heterocycles. The topological polar surface area (TPSA) is 23.5 Å². The molecule has 0 saturated heterocycles. The summed E-state index contributed by atoms with van der Waals surface area (Å²) in [7, 11) is 2.19. The lowest BCUT2D eigenvalue weighted by Gasteiger charge is -2.33. The largest absolute Gasteiger partial charge is 0.508 e. The molecule has 1 fully saturated rings. The van der Waals surface area contributed by atoms with Gasteiger partial charge in [0.2, 0.25) is 0 Å². The quantitative estimate of drug-likeness (QED) is 0.905. The van der Waals surface area contributed by atoms with Crippen LogP contribution in [0, 0.1) is 5.92 Å². The van der Waals surface area contributed by atoms with E-state index in [1.165, 1.54) is 25.7 Å². The molecule has 0 unspecified atom stereocenters. The maximum atomic E-state index is 9.56. The number of nitrogens with zero attached hydrogens (tertiary/aromatic N) is 1. The monoisotopic (exact) mass is 311 g/mol. The fourth-order valence-corrected chi connectivity index (χ4v) is 3.14. The van der Waals surface area contributed by atoms with E-state index < -0.39 is 0 Å². The molecule has 18 heavy (non-hydrogen) atoms. The molecule has 0 amide bonds. The third kappa shape index (κ3) is 3.48. The van der Waals surface area contributed by atoms with Gasteiger partial charge in [-0.25, -0.2) is 0 Å². The van der Waals surface area contributed by atoms with Crippen LogP contribution >= 0.6 is 15.9 Å². The summed E-state index contributed by atoms with van der Waals surface area (Å²) in [4.78, 5) is 2.42. The zero-order chi connectivity index (χ0) is 13.1. The number of hydrogen-bond acceptors (Lipinski definition) is 2. The third-order valence-corrected chi connectivity index (χ3v) is 4.83. The molecular formula is C15H22BrNO. The van der Waals surface area contributed by atoms with E-state index in [2.05, 4.69) is 34.8 Å². The average molecular weight is 312 g/mol. The Morgan fingerprint density at radius 3 is 2.61 bits per heavy atom. The zero-order valence-electron chi connectivity index (χ0n) is 11.2. The number of hydrogen-bond donors (Lipinski definition) is 1. The second-order valence-electron chi connectivity index (χ2n) is 5.60. The van der Waals surface area contributed by atoms with E-state index in [0.29, 0.717) is 11.8 Å². The molecule has 2 nitrogen and oxygen atoms in total. The van der Waals surface area contributed by atoms with Crippen LogP contribution in [0.4, 0.5) is 0 Å². The van der Waals surface area contributed by atoms with Crippen LogP contribution in [0.25, 0.3) is 0 Å². The van der Waals surface area contributed by atoms with Gasteiger partial charge in [0.1, 0.15) is 5.75 Å². The Morgan fingerprint density at radius 1 is 1.28 bits per heavy atom. The van der Waals surface area contributed by atoms with E-state index >= 15 is 0 Å². The highest BCUT2D eigenvalue weighted by atomic mass is 79.9. The molecule has 0 heterocycles. The number of rotatable bonds is 3. The normalized spacial score (nSPS) is 24.4. The smallest absolute Gasteiger partial charge is 0.115 e. The van der Waals surface area contributed by atoms with Crippen molar-refractivity contribution < 1.29 is 5.11 Å². The summed E-state index contributed by atoms with van der Waals surface area (Å²) in [6.07, 6.45) is 5.29. The Balaban J connectivity index is 1.98. The molecule has 0 atom stereocenters. The van der Waals surface area contributed by atoms with Crippen molar-refractivity contribution in [3.8, 4) is 5.75 Å². The second-order valence-corrected chi connectivity index (χ2v) is 6.46. The van der Waals surface area contributed by atoms with E-state index in [4.69, 9.17) is 0 Å². The van der Waals surface area contributed by atoms with Gasteiger partial charge < -0.3 is 5.11 Å². The van der Waals surface area contributed by atoms with Gasteiger partial charge in [-0.15, -0.1) is 0 Å². The van der Waals surface area contributed by atoms with Gasteiger partial charge in [-0.3, -0.25) is 4.90 Å². The van der Waals surface area contributed by atoms with E-state index in [0.717, 1.165) is 22.5 Å². The maximum Gasteiger partial charge on any atom is 0.115 e. The first kappa shape index (κ1) is 13.9. The highest BCUT2D eigenvalue weighted by Crippen LogP contribution is 2.29. The van der Waals surface area contributed by atoms with E-state index in [-0.39, 0.29) is 0 Å². The van der Waals surface area contributed by atoms with E-state index in [1.807, 2.05) is 12.1 Å². The first-order valence-electron chi connectivity index (χ1n) is 6.74. The molecule has 2 rings (SSSR count). The van der Waals surface area contributed by atoms with Crippen LogP contribution in [0.1, 0.15) is 38.2 Å². The fraction of sp³-hybridized carbons (Fsp3) is 0.600. The van der Waals surface area contributed by atoms with Crippen molar-refractivity contribution in [2.24, 2.45) is 5.92 Å². The highest BCUT2D eigenvalue weighted by Gasteiger charge is 2.22. The lowest BCUT2D eigenvalue weighted by Crippen LogP contribution is -2.34. The lowest BCUT2D eigenvalue weighted by atomic mass is 9.86. The Kier molecular flexibility index (Phi) is 4.68. The summed E-state index contributed by atoms with van der Waals surface area (Å²) in [5.41, 5.74) is 1.16. The van der Waals surface area contributed by atoms with Gasteiger partial charge in [-0.05, 0) is 62.4 Å². The Hall–Kier alpha value is -0.540. The molecule has 1 saturated carbocycles. The predicted octanol–water partition coefficient (Wildman–Crippen LogP) is 4.17. The molecule has 1 aromatic carbocycles. The number of aromatic hydroxyl groups is 1. The summed E-state index contributed by atoms with van der Waals surface area (Å²) < 4.78 is 1.08. The van der Waals surface area contributed by atoms with Crippen LogP contribution in [0.3, 0.4) is 0 Å². The summed E-state index contributed by atoms with van der Waals surface area (Å²) in [6, 6.07) is 6.18. The number of benzene rings is 1. The first-order valence-corrected chi connectivity index (χ1v) is 7.53. The standard InChI is InChI=1S/C15H22BrNO/c1-11-3-5-13(6-4-11)17(2)10-12-9-14(18)7-8-15(12)16/h7-9,11,13,18H,3-6,10H2,1-2H3. The molecule has 1 N–H and O–H groups in total. The van der Waals surface area contributed by atoms with Crippen LogP contribution in [-0.4, -0.2) is 23.1 Å². The van der Waals surface area contributed by atoms with Crippen molar-refractivity contribution in [3.63, 3.8) is 0 Å². The Morgan fingerprint density at radius 2 is 1.94 bits per heavy atom. The van der Waals surface area contributed by atoms with Crippen LogP contribution in [0.5, 0.6) is 5.75 Å². The van der Waals surface area contributed by atoms with Crippen LogP contribution in [0.2, 0.25) is 0 Å². The SMILES string of the molecule is CC1CCC(N(C)Cc2cc(O)ccc2Br)CC1. The maximum absolute atomic E-state index is 9.56. The summed E-state index contributed by atoms with van der Waals surface area (Å²) in [5, 5.41) is 9.56. The van der Waals surface area contributed by atoms with Crippen LogP contribution in [0.15, 0.2) is 22.7 Å². The molecule has 1 aromatic rings. The van der Waals surface area contributed by atoms with Gasteiger partial charge in [-0.2, -0.15) is 0 Å². The summed E-state index contributed by atoms with van der Waals surface area (Å²) in [5.74, 6) is 1.24. The van der Waals surface area contributed by atoms with Gasteiger partial charge in [0.05, 0.1) is 0 Å². The minimum Gasteiger partial charge on any atom is -0.508 e. The first-order chi connectivity index (χ1) is 8.56. The number of phenols is 1. The lowest BCUT2D eigenvalue weighted by molar-refractivity contribution is 0.163. The van der Waals surface area contributed by atoms with Crippen molar-refractivity contribution in [2.45, 2.75) is 45.2 Å². The summed E-state index contributed by atoms with van der Waals surface area (Å²) in [6.45, 7) is 3.25. The van der Waals surface area contributed by atoms with Crippen molar-refractivity contribution in [2.75, 3.05) is 7.05 Å². The molecule has 1 aliphatic carbocycles. The molecule has 3 heteroatoms. The second kappa shape index (κ2) is 6.07. The van der Waals surface area contributed by atoms with Crippen LogP contribution < -0.4 is 0 Å². The molecule has 1 aliphatic rings. The number of halogens is 1. The fourth-order valence-electron chi connectivity index (χ4n) is 2.76. The van der Waals surface area contributed by atoms with Gasteiger partial charge >= 0.3 is 0 Å². The molecule has 0 spiro atoms. The van der Waals surface area contributed by atoms with Gasteiger partial charge in [0.15, 0.2) is 0 Å². The van der Waals surface area contributed by atoms with E-state index in [1.54, 1.807) is 6.07 Å². The van der Waals surface area contributed by atoms with Gasteiger partial charge in [-0.1, -0.05) is 22.9 Å². The molecule has 0 bridgehead atoms. The predicted molar refractivity (Wildman–Crippen MR) is 78.7 cm³/mol.